The third kappa shape index (κ3) is 7.39. The first-order valence-electron chi connectivity index (χ1n) is 3.25. The highest BCUT2D eigenvalue weighted by atomic mass is 16.5. The Hall–Kier alpha value is -0.610. The summed E-state index contributed by atoms with van der Waals surface area (Å²) in [5.41, 5.74) is 4.87. The minimum atomic E-state index is -0.322. The van der Waals surface area contributed by atoms with Gasteiger partial charge in [0, 0.05) is 13.7 Å². The molecular formula is C6H14N2O2. The molecule has 0 atom stereocenters. The van der Waals surface area contributed by atoms with Gasteiger partial charge in [0.2, 0.25) is 5.91 Å². The number of nitrogens with one attached hydrogen (secondary N) is 1. The largest absolute Gasteiger partial charge is 0.385 e. The maximum Gasteiger partial charge on any atom is 0.231 e. The summed E-state index contributed by atoms with van der Waals surface area (Å²) in [6.07, 6.45) is 0.907. The summed E-state index contributed by atoms with van der Waals surface area (Å²) >= 11 is 0. The molecule has 0 aliphatic rings. The molecule has 0 aromatic rings. The van der Waals surface area contributed by atoms with E-state index in [1.807, 2.05) is 0 Å². The molecule has 0 heterocycles. The Bertz CT molecular complexity index is 95.7. The van der Waals surface area contributed by atoms with E-state index in [1.165, 1.54) is 0 Å². The Balaban J connectivity index is 2.84. The number of methoxy groups -OCH3 is 1. The number of rotatable bonds is 6. The molecule has 0 spiro atoms. The SMILES string of the molecule is COCCCNCC(N)=O. The molecule has 0 saturated heterocycles. The van der Waals surface area contributed by atoms with E-state index >= 15 is 0 Å². The molecule has 60 valence electrons. The van der Waals surface area contributed by atoms with Crippen LogP contribution < -0.4 is 11.1 Å². The lowest BCUT2D eigenvalue weighted by molar-refractivity contribution is -0.117. The summed E-state index contributed by atoms with van der Waals surface area (Å²) in [7, 11) is 1.65. The van der Waals surface area contributed by atoms with Gasteiger partial charge in [0.15, 0.2) is 0 Å². The van der Waals surface area contributed by atoms with E-state index < -0.39 is 0 Å². The average Bonchev–Trinajstić information content (AvgIpc) is 1.87. The van der Waals surface area contributed by atoms with E-state index in [0.29, 0.717) is 6.61 Å². The molecule has 0 bridgehead atoms. The van der Waals surface area contributed by atoms with Crippen molar-refractivity contribution >= 4 is 5.91 Å². The summed E-state index contributed by atoms with van der Waals surface area (Å²) in [5, 5.41) is 2.87. The highest BCUT2D eigenvalue weighted by molar-refractivity contribution is 5.75. The third-order valence-corrected chi connectivity index (χ3v) is 1.00. The van der Waals surface area contributed by atoms with E-state index in [1.54, 1.807) is 7.11 Å². The molecule has 3 N–H and O–H groups in total. The Kier molecular flexibility index (Phi) is 6.11. The first kappa shape index (κ1) is 9.39. The Morgan fingerprint density at radius 1 is 1.70 bits per heavy atom. The van der Waals surface area contributed by atoms with Crippen molar-refractivity contribution in [2.75, 3.05) is 26.8 Å². The van der Waals surface area contributed by atoms with Crippen LogP contribution in [-0.2, 0) is 9.53 Å². The van der Waals surface area contributed by atoms with Gasteiger partial charge >= 0.3 is 0 Å². The van der Waals surface area contributed by atoms with E-state index in [2.05, 4.69) is 5.32 Å². The van der Waals surface area contributed by atoms with Gasteiger partial charge in [0.05, 0.1) is 6.54 Å². The zero-order valence-electron chi connectivity index (χ0n) is 6.22. The zero-order chi connectivity index (χ0) is 7.82. The normalized spacial score (nSPS) is 9.70. The second-order valence-corrected chi connectivity index (χ2v) is 1.99. The van der Waals surface area contributed by atoms with Gasteiger partial charge in [-0.15, -0.1) is 0 Å². The van der Waals surface area contributed by atoms with E-state index in [4.69, 9.17) is 10.5 Å². The van der Waals surface area contributed by atoms with Gasteiger partial charge in [-0.3, -0.25) is 4.79 Å². The van der Waals surface area contributed by atoms with Gasteiger partial charge in [-0.2, -0.15) is 0 Å². The van der Waals surface area contributed by atoms with Crippen LogP contribution in [0.1, 0.15) is 6.42 Å². The fourth-order valence-electron chi connectivity index (χ4n) is 0.553. The number of hydrogen-bond acceptors (Lipinski definition) is 3. The Morgan fingerprint density at radius 3 is 2.90 bits per heavy atom. The molecule has 0 aromatic carbocycles. The zero-order valence-corrected chi connectivity index (χ0v) is 6.22. The minimum absolute atomic E-state index is 0.254. The molecule has 0 aliphatic heterocycles. The van der Waals surface area contributed by atoms with Crippen LogP contribution in [0.3, 0.4) is 0 Å². The van der Waals surface area contributed by atoms with Crippen molar-refractivity contribution in [3.63, 3.8) is 0 Å². The number of ether oxygens (including phenoxy) is 1. The van der Waals surface area contributed by atoms with Gasteiger partial charge in [-0.25, -0.2) is 0 Å². The first-order valence-corrected chi connectivity index (χ1v) is 3.25. The highest BCUT2D eigenvalue weighted by Crippen LogP contribution is 1.75. The Morgan fingerprint density at radius 2 is 2.40 bits per heavy atom. The first-order chi connectivity index (χ1) is 4.77. The molecule has 0 saturated carbocycles. The van der Waals surface area contributed by atoms with Gasteiger partial charge in [0.25, 0.3) is 0 Å². The summed E-state index contributed by atoms with van der Waals surface area (Å²) in [6.45, 7) is 1.74. The monoisotopic (exact) mass is 146 g/mol. The van der Waals surface area contributed by atoms with Gasteiger partial charge in [0.1, 0.15) is 0 Å². The lowest BCUT2D eigenvalue weighted by Gasteiger charge is -1.99. The number of primary amides is 1. The van der Waals surface area contributed by atoms with Crippen molar-refractivity contribution in [1.82, 2.24) is 5.32 Å². The van der Waals surface area contributed by atoms with E-state index in [0.717, 1.165) is 13.0 Å². The fraction of sp³-hybridized carbons (Fsp3) is 0.833. The fourth-order valence-corrected chi connectivity index (χ4v) is 0.553. The molecule has 0 rings (SSSR count). The molecule has 0 unspecified atom stereocenters. The topological polar surface area (TPSA) is 64.3 Å². The van der Waals surface area contributed by atoms with Crippen molar-refractivity contribution in [2.24, 2.45) is 5.73 Å². The summed E-state index contributed by atoms with van der Waals surface area (Å²) in [5.74, 6) is -0.322. The van der Waals surface area contributed by atoms with Gasteiger partial charge in [-0.1, -0.05) is 0 Å². The predicted octanol–water partition coefficient (Wildman–Crippen LogP) is -0.902. The maximum atomic E-state index is 10.2. The summed E-state index contributed by atoms with van der Waals surface area (Å²) in [6, 6.07) is 0. The van der Waals surface area contributed by atoms with Crippen LogP contribution in [0.15, 0.2) is 0 Å². The molecule has 0 radical (unpaired) electrons. The molecule has 0 fully saturated rings. The summed E-state index contributed by atoms with van der Waals surface area (Å²) < 4.78 is 4.79. The van der Waals surface area contributed by atoms with E-state index in [9.17, 15) is 4.79 Å². The van der Waals surface area contributed by atoms with Crippen LogP contribution in [0, 0.1) is 0 Å². The van der Waals surface area contributed by atoms with Crippen LogP contribution >= 0.6 is 0 Å². The van der Waals surface area contributed by atoms with Crippen LogP contribution in [-0.4, -0.2) is 32.7 Å². The quantitative estimate of drug-likeness (QED) is 0.477. The predicted molar refractivity (Wildman–Crippen MR) is 38.6 cm³/mol. The van der Waals surface area contributed by atoms with Crippen molar-refractivity contribution in [3.8, 4) is 0 Å². The molecule has 10 heavy (non-hydrogen) atoms. The van der Waals surface area contributed by atoms with Crippen LogP contribution in [0.2, 0.25) is 0 Å². The lowest BCUT2D eigenvalue weighted by Crippen LogP contribution is -2.29. The van der Waals surface area contributed by atoms with Gasteiger partial charge < -0.3 is 15.8 Å². The minimum Gasteiger partial charge on any atom is -0.385 e. The van der Waals surface area contributed by atoms with Crippen LogP contribution in [0.25, 0.3) is 0 Å². The average molecular weight is 146 g/mol. The number of nitrogens with two attached hydrogens (primary N) is 1. The molecule has 4 heteroatoms. The maximum absolute atomic E-state index is 10.2. The summed E-state index contributed by atoms with van der Waals surface area (Å²) in [4.78, 5) is 10.2. The van der Waals surface area contributed by atoms with Crippen molar-refractivity contribution in [2.45, 2.75) is 6.42 Å². The third-order valence-electron chi connectivity index (χ3n) is 1.00. The molecule has 4 nitrogen and oxygen atoms in total. The van der Waals surface area contributed by atoms with Gasteiger partial charge in [-0.05, 0) is 13.0 Å². The van der Waals surface area contributed by atoms with Crippen molar-refractivity contribution in [3.05, 3.63) is 0 Å². The number of amides is 1. The number of hydrogen-bond donors (Lipinski definition) is 2. The molecular weight excluding hydrogens is 132 g/mol. The second kappa shape index (κ2) is 6.51. The number of carbonyl (C=O) groups excluding carboxylic acids is 1. The Labute approximate surface area is 60.7 Å². The van der Waals surface area contributed by atoms with Crippen molar-refractivity contribution in [1.29, 1.82) is 0 Å². The van der Waals surface area contributed by atoms with Crippen molar-refractivity contribution < 1.29 is 9.53 Å². The highest BCUT2D eigenvalue weighted by Gasteiger charge is 1.90. The second-order valence-electron chi connectivity index (χ2n) is 1.99. The molecule has 0 aliphatic carbocycles. The van der Waals surface area contributed by atoms with Crippen LogP contribution in [0.4, 0.5) is 0 Å². The molecule has 0 aromatic heterocycles. The van der Waals surface area contributed by atoms with E-state index in [-0.39, 0.29) is 12.5 Å². The van der Waals surface area contributed by atoms with Crippen LogP contribution in [0.5, 0.6) is 0 Å². The lowest BCUT2D eigenvalue weighted by atomic mass is 10.4. The molecule has 1 amide bonds. The number of carbonyl (C=O) groups is 1. The smallest absolute Gasteiger partial charge is 0.231 e. The standard InChI is InChI=1S/C6H14N2O2/c1-10-4-2-3-8-5-6(7)9/h8H,2-5H2,1H3,(H2,7,9).